The number of para-hydroxylation sites is 7. The average molecular weight is 1770 g/mol. The van der Waals surface area contributed by atoms with Gasteiger partial charge in [0.1, 0.15) is 25.4 Å². The SMILES string of the molecule is CCCOCCN(CC)c1ccccc1.CCN(C(=O)CCl)c1ccccc1.CCN(C(=O)COCCO)c1ccccc1.CCN(C(=O)COCCOCc1ccccc1)c1ccccc1.CCN(CCOCCN=[N+]=[N-])c1ccc(C=O)cc1.CCN(CCOCCN=[N+]=[N-])c1ccccc1.CCN(CCOCCO)c1ccccc1.CCNc1ccccc1. The minimum Gasteiger partial charge on any atom is -0.394 e. The number of hydrogen-bond donors (Lipinski definition) is 3. The van der Waals surface area contributed by atoms with Crippen molar-refractivity contribution in [1.82, 2.24) is 0 Å². The Balaban J connectivity index is 0.000000496. The van der Waals surface area contributed by atoms with Gasteiger partial charge >= 0.3 is 0 Å². The number of aliphatic hydroxyl groups excluding tert-OH is 2. The maximum Gasteiger partial charge on any atom is 0.252 e. The second-order valence-corrected chi connectivity index (χ2v) is 27.2. The minimum atomic E-state index is -0.0952. The molecule has 28 heteroatoms. The first-order chi connectivity index (χ1) is 62.3. The summed E-state index contributed by atoms with van der Waals surface area (Å²) in [6, 6.07) is 87.2. The van der Waals surface area contributed by atoms with Crippen LogP contribution in [-0.4, -0.2) is 231 Å². The Bertz CT molecular complexity index is 4130. The normalized spacial score (nSPS) is 9.98. The first-order valence-electron chi connectivity index (χ1n) is 43.7. The highest BCUT2D eigenvalue weighted by Gasteiger charge is 2.16. The summed E-state index contributed by atoms with van der Waals surface area (Å²) in [5.41, 5.74) is 26.6. The molecule has 0 aliphatic rings. The van der Waals surface area contributed by atoms with Gasteiger partial charge in [-0.05, 0) is 188 Å². The Morgan fingerprint density at radius 3 is 0.969 bits per heavy atom. The highest BCUT2D eigenvalue weighted by Crippen LogP contribution is 2.20. The van der Waals surface area contributed by atoms with Gasteiger partial charge in [-0.25, -0.2) is 0 Å². The molecule has 690 valence electrons. The van der Waals surface area contributed by atoms with E-state index in [-0.39, 0.29) is 56.6 Å². The number of ether oxygens (including phenoxy) is 7. The van der Waals surface area contributed by atoms with E-state index in [4.69, 9.17) is 66.0 Å². The molecule has 3 amide bonds. The number of aldehydes is 1. The van der Waals surface area contributed by atoms with E-state index in [1.54, 1.807) is 26.8 Å². The Morgan fingerprint density at radius 1 is 0.354 bits per heavy atom. The average Bonchev–Trinajstić information content (AvgIpc) is 0.890. The van der Waals surface area contributed by atoms with Crippen molar-refractivity contribution in [3.05, 3.63) is 299 Å². The fourth-order valence-electron chi connectivity index (χ4n) is 11.8. The highest BCUT2D eigenvalue weighted by atomic mass is 35.5. The molecule has 0 saturated heterocycles. The lowest BCUT2D eigenvalue weighted by Crippen LogP contribution is -2.34. The molecule has 0 unspecified atom stereocenters. The van der Waals surface area contributed by atoms with Crippen molar-refractivity contribution in [2.24, 2.45) is 10.2 Å². The molecule has 9 aromatic rings. The third-order valence-corrected chi connectivity index (χ3v) is 18.4. The molecule has 3 N–H and O–H groups in total. The van der Waals surface area contributed by atoms with Gasteiger partial charge in [-0.15, -0.1) is 11.6 Å². The van der Waals surface area contributed by atoms with Gasteiger partial charge in [0, 0.05) is 159 Å². The molecule has 0 atom stereocenters. The van der Waals surface area contributed by atoms with Gasteiger partial charge in [0.15, 0.2) is 0 Å². The number of benzene rings is 9. The van der Waals surface area contributed by atoms with Crippen LogP contribution in [0.3, 0.4) is 0 Å². The summed E-state index contributed by atoms with van der Waals surface area (Å²) in [4.78, 5) is 65.2. The third-order valence-electron chi connectivity index (χ3n) is 18.2. The first-order valence-corrected chi connectivity index (χ1v) is 44.2. The first kappa shape index (κ1) is 112. The number of likely N-dealkylation sites (N-methyl/N-ethyl adjacent to an activating group) is 6. The van der Waals surface area contributed by atoms with Gasteiger partial charge in [0.2, 0.25) is 5.91 Å². The number of carbonyl (C=O) groups excluding carboxylic acids is 4. The van der Waals surface area contributed by atoms with Gasteiger partial charge < -0.3 is 83.0 Å². The van der Waals surface area contributed by atoms with Gasteiger partial charge in [0.05, 0.1) is 85.9 Å². The third kappa shape index (κ3) is 53.0. The summed E-state index contributed by atoms with van der Waals surface area (Å²) in [6.07, 6.45) is 1.93. The second-order valence-electron chi connectivity index (χ2n) is 26.9. The summed E-state index contributed by atoms with van der Waals surface area (Å²) in [5.74, 6) is -0.165. The van der Waals surface area contributed by atoms with Crippen molar-refractivity contribution in [2.75, 3.05) is 236 Å². The van der Waals surface area contributed by atoms with E-state index in [0.29, 0.717) is 97.7 Å². The van der Waals surface area contributed by atoms with Gasteiger partial charge in [-0.1, -0.05) is 175 Å². The Morgan fingerprint density at radius 2 is 0.654 bits per heavy atom. The van der Waals surface area contributed by atoms with Crippen LogP contribution in [0.5, 0.6) is 0 Å². The van der Waals surface area contributed by atoms with E-state index in [1.165, 1.54) is 22.7 Å². The maximum absolute atomic E-state index is 12.2. The number of nitrogens with zero attached hydrogens (tertiary/aromatic N) is 13. The maximum atomic E-state index is 12.2. The van der Waals surface area contributed by atoms with Crippen LogP contribution in [-0.2, 0) is 54.1 Å². The largest absolute Gasteiger partial charge is 0.394 e. The lowest BCUT2D eigenvalue weighted by molar-refractivity contribution is -0.124. The summed E-state index contributed by atoms with van der Waals surface area (Å²) in [7, 11) is 0. The van der Waals surface area contributed by atoms with E-state index in [1.807, 2.05) is 215 Å². The number of anilines is 8. The number of halogens is 1. The summed E-state index contributed by atoms with van der Waals surface area (Å²) < 4.78 is 37.4. The number of alkyl halides is 1. The van der Waals surface area contributed by atoms with E-state index < -0.39 is 0 Å². The minimum absolute atomic E-state index is 0.00327. The van der Waals surface area contributed by atoms with Crippen molar-refractivity contribution >= 4 is 81.1 Å². The smallest absolute Gasteiger partial charge is 0.252 e. The summed E-state index contributed by atoms with van der Waals surface area (Å²) in [5, 5.41) is 27.1. The van der Waals surface area contributed by atoms with Crippen LogP contribution < -0.4 is 39.6 Å². The van der Waals surface area contributed by atoms with Crippen molar-refractivity contribution in [1.29, 1.82) is 0 Å². The lowest BCUT2D eigenvalue weighted by Gasteiger charge is -2.23. The van der Waals surface area contributed by atoms with Crippen molar-refractivity contribution in [3.8, 4) is 0 Å². The van der Waals surface area contributed by atoms with Gasteiger partial charge in [-0.3, -0.25) is 19.2 Å². The summed E-state index contributed by atoms with van der Waals surface area (Å²) in [6.45, 7) is 36.0. The zero-order valence-corrected chi connectivity index (χ0v) is 76.9. The number of carbonyl (C=O) groups is 4. The number of rotatable bonds is 51. The van der Waals surface area contributed by atoms with Crippen LogP contribution in [0.2, 0.25) is 0 Å². The Hall–Kier alpha value is -11.4. The Kier molecular flexibility index (Phi) is 68.7. The van der Waals surface area contributed by atoms with Crippen LogP contribution >= 0.6 is 11.6 Å². The molecule has 27 nitrogen and oxygen atoms in total. The monoisotopic (exact) mass is 1770 g/mol. The molecule has 0 radical (unpaired) electrons. The highest BCUT2D eigenvalue weighted by molar-refractivity contribution is 6.29. The summed E-state index contributed by atoms with van der Waals surface area (Å²) >= 11 is 5.48. The second kappa shape index (κ2) is 78.1. The van der Waals surface area contributed by atoms with Gasteiger partial charge in [-0.2, -0.15) is 0 Å². The number of azide groups is 2. The number of aliphatic hydroxyl groups is 2. The van der Waals surface area contributed by atoms with Crippen molar-refractivity contribution in [3.63, 3.8) is 0 Å². The van der Waals surface area contributed by atoms with E-state index in [9.17, 15) is 19.2 Å². The molecule has 9 rings (SSSR count). The number of amides is 3. The van der Waals surface area contributed by atoms with Crippen LogP contribution in [0.15, 0.2) is 277 Å². The molecule has 0 spiro atoms. The fourth-order valence-corrected chi connectivity index (χ4v) is 11.9. The predicted molar refractivity (Wildman–Crippen MR) is 521 cm³/mol. The van der Waals surface area contributed by atoms with Crippen LogP contribution in [0.25, 0.3) is 20.9 Å². The van der Waals surface area contributed by atoms with Crippen LogP contribution in [0, 0.1) is 0 Å². The molecular formula is C99H139ClN14O13. The molecule has 0 bridgehead atoms. The zero-order valence-electron chi connectivity index (χ0n) is 76.2. The topological polar surface area (TPSA) is 306 Å². The zero-order chi connectivity index (χ0) is 92.5. The quantitative estimate of drug-likeness (QED) is 0.00796. The fraction of sp³-hybridized carbons (Fsp3) is 0.414. The van der Waals surface area contributed by atoms with E-state index in [0.717, 1.165) is 113 Å². The van der Waals surface area contributed by atoms with Gasteiger partial charge in [0.25, 0.3) is 11.8 Å². The standard InChI is InChI=1S/C19H23NO3.C13H18N4O2.C13H21NO.C12H18N4O.C12H17NO3.C12H19NO2.C10H12ClNO.C8H11N/c1-2-20(18-11-7-4-8-12-18)19(21)16-23-14-13-22-15-17-9-5-3-6-10-17;1-2-17(8-10-19-9-7-15-16-14)13-5-3-12(11-18)4-6-13;1-3-11-15-12-10-14(4-2)13-8-6-5-7-9-13;1-2-16(12-6-4-3-5-7-12)9-11-17-10-8-14-15-13;1-2-13(11-6-4-3-5-7-11)12(15)10-16-9-8-14;1-2-13(8-10-15-11-9-14)12-6-4-3-5-7-12;1-2-12(10(13)8-11)9-6-4-3-5-7-9;1-2-9-8-6-4-3-5-7-8/h3-12H,2,13-16H2,1H3;3-6,11H,2,7-10H2,1H3;5-9H,3-4,10-12H2,1-2H3;3-7H,2,8-11H2,1H3;3-7,14H,2,8-10H2,1H3;3-7,14H,2,8-11H2,1H3;3-7H,2,8H2,1H3;3-7,9H,2H2,1H3. The molecule has 0 aromatic heterocycles. The number of hydrogen-bond acceptors (Lipinski definition) is 20. The molecule has 0 saturated carbocycles. The molecule has 0 aliphatic carbocycles. The van der Waals surface area contributed by atoms with Crippen LogP contribution in [0.4, 0.5) is 45.5 Å². The van der Waals surface area contributed by atoms with Crippen molar-refractivity contribution in [2.45, 2.75) is 75.3 Å². The number of nitrogens with one attached hydrogen (secondary N) is 1. The molecule has 0 aliphatic heterocycles. The lowest BCUT2D eigenvalue weighted by atomic mass is 10.2. The van der Waals surface area contributed by atoms with E-state index in [2.05, 4.69) is 147 Å². The molecule has 0 fully saturated rings. The molecule has 9 aromatic carbocycles. The van der Waals surface area contributed by atoms with Crippen molar-refractivity contribution < 1.29 is 62.5 Å². The molecule has 0 heterocycles. The Labute approximate surface area is 760 Å². The molecular weight excluding hydrogens is 1630 g/mol. The molecule has 127 heavy (non-hydrogen) atoms. The van der Waals surface area contributed by atoms with E-state index >= 15 is 0 Å². The van der Waals surface area contributed by atoms with Crippen LogP contribution in [0.1, 0.15) is 84.7 Å². The predicted octanol–water partition coefficient (Wildman–Crippen LogP) is 18.7.